The number of aromatic nitrogens is 3. The van der Waals surface area contributed by atoms with E-state index >= 15 is 0 Å². The van der Waals surface area contributed by atoms with Crippen LogP contribution < -0.4 is 15.4 Å². The highest BCUT2D eigenvalue weighted by Crippen LogP contribution is 2.14. The van der Waals surface area contributed by atoms with Gasteiger partial charge in [0.05, 0.1) is 19.8 Å². The summed E-state index contributed by atoms with van der Waals surface area (Å²) in [5, 5.41) is 6.13. The molecule has 19 heavy (non-hydrogen) atoms. The van der Waals surface area contributed by atoms with Crippen molar-refractivity contribution < 1.29 is 9.47 Å². The van der Waals surface area contributed by atoms with Gasteiger partial charge in [0, 0.05) is 13.7 Å². The molecule has 1 aromatic heterocycles. The van der Waals surface area contributed by atoms with E-state index < -0.39 is 0 Å². The molecule has 0 amide bonds. The maximum Gasteiger partial charge on any atom is 0.322 e. The second kappa shape index (κ2) is 7.73. The normalized spacial score (nSPS) is 12.3. The van der Waals surface area contributed by atoms with Crippen LogP contribution in [-0.2, 0) is 4.74 Å². The summed E-state index contributed by atoms with van der Waals surface area (Å²) in [4.78, 5) is 12.5. The standard InChI is InChI=1S/C12H23N5O2/c1-6-19-7-9(8(2)3)14-11-15-10(13-4)16-12(17-11)18-5/h8-9H,6-7H2,1-5H3,(H2,13,14,15,16,17). The van der Waals surface area contributed by atoms with Gasteiger partial charge in [0.2, 0.25) is 11.9 Å². The maximum atomic E-state index is 5.46. The molecule has 0 radical (unpaired) electrons. The van der Waals surface area contributed by atoms with Crippen molar-refractivity contribution in [2.45, 2.75) is 26.8 Å². The Kier molecular flexibility index (Phi) is 6.27. The predicted molar refractivity (Wildman–Crippen MR) is 74.7 cm³/mol. The van der Waals surface area contributed by atoms with Crippen molar-refractivity contribution in [2.75, 3.05) is 38.0 Å². The van der Waals surface area contributed by atoms with Gasteiger partial charge in [-0.2, -0.15) is 15.0 Å². The van der Waals surface area contributed by atoms with Crippen molar-refractivity contribution in [1.29, 1.82) is 0 Å². The highest BCUT2D eigenvalue weighted by atomic mass is 16.5. The number of methoxy groups -OCH3 is 1. The Labute approximate surface area is 114 Å². The molecule has 0 spiro atoms. The van der Waals surface area contributed by atoms with Gasteiger partial charge in [0.25, 0.3) is 0 Å². The zero-order chi connectivity index (χ0) is 14.3. The van der Waals surface area contributed by atoms with Gasteiger partial charge in [-0.15, -0.1) is 0 Å². The molecule has 1 unspecified atom stereocenters. The summed E-state index contributed by atoms with van der Waals surface area (Å²) in [5.74, 6) is 1.34. The van der Waals surface area contributed by atoms with E-state index in [0.717, 1.165) is 0 Å². The molecule has 7 heteroatoms. The first kappa shape index (κ1) is 15.4. The molecule has 0 aromatic carbocycles. The topological polar surface area (TPSA) is 81.2 Å². The van der Waals surface area contributed by atoms with Gasteiger partial charge in [-0.25, -0.2) is 0 Å². The minimum Gasteiger partial charge on any atom is -0.467 e. The zero-order valence-corrected chi connectivity index (χ0v) is 12.2. The smallest absolute Gasteiger partial charge is 0.322 e. The molecule has 1 atom stereocenters. The van der Waals surface area contributed by atoms with Crippen LogP contribution in [0.1, 0.15) is 20.8 Å². The number of hydrogen-bond acceptors (Lipinski definition) is 7. The summed E-state index contributed by atoms with van der Waals surface area (Å²) in [7, 11) is 3.28. The molecule has 0 aliphatic rings. The molecule has 1 rings (SSSR count). The summed E-state index contributed by atoms with van der Waals surface area (Å²) in [6.07, 6.45) is 0. The van der Waals surface area contributed by atoms with Crippen molar-refractivity contribution >= 4 is 11.9 Å². The van der Waals surface area contributed by atoms with Crippen molar-refractivity contribution in [2.24, 2.45) is 5.92 Å². The molecular weight excluding hydrogens is 246 g/mol. The number of anilines is 2. The quantitative estimate of drug-likeness (QED) is 0.738. The zero-order valence-electron chi connectivity index (χ0n) is 12.2. The minimum atomic E-state index is 0.136. The predicted octanol–water partition coefficient (Wildman–Crippen LogP) is 1.39. The van der Waals surface area contributed by atoms with E-state index in [1.807, 2.05) is 6.92 Å². The Balaban J connectivity index is 2.82. The summed E-state index contributed by atoms with van der Waals surface area (Å²) in [6, 6.07) is 0.414. The third kappa shape index (κ3) is 4.86. The third-order valence-electron chi connectivity index (χ3n) is 2.64. The van der Waals surface area contributed by atoms with E-state index in [1.165, 1.54) is 7.11 Å². The van der Waals surface area contributed by atoms with E-state index in [-0.39, 0.29) is 12.1 Å². The van der Waals surface area contributed by atoms with Crippen molar-refractivity contribution in [3.8, 4) is 6.01 Å². The third-order valence-corrected chi connectivity index (χ3v) is 2.64. The fraction of sp³-hybridized carbons (Fsp3) is 0.750. The molecule has 1 heterocycles. The second-order valence-corrected chi connectivity index (χ2v) is 4.37. The highest BCUT2D eigenvalue weighted by molar-refractivity contribution is 5.36. The van der Waals surface area contributed by atoms with Crippen molar-refractivity contribution in [3.63, 3.8) is 0 Å². The first-order valence-corrected chi connectivity index (χ1v) is 6.42. The van der Waals surface area contributed by atoms with Gasteiger partial charge in [-0.05, 0) is 12.8 Å². The first-order valence-electron chi connectivity index (χ1n) is 6.42. The second-order valence-electron chi connectivity index (χ2n) is 4.37. The summed E-state index contributed by atoms with van der Waals surface area (Å²) >= 11 is 0. The van der Waals surface area contributed by atoms with Crippen molar-refractivity contribution in [1.82, 2.24) is 15.0 Å². The Morgan fingerprint density at radius 3 is 2.37 bits per heavy atom. The minimum absolute atomic E-state index is 0.136. The fourth-order valence-corrected chi connectivity index (χ4v) is 1.44. The average Bonchev–Trinajstić information content (AvgIpc) is 2.42. The van der Waals surface area contributed by atoms with E-state index in [2.05, 4.69) is 39.4 Å². The molecule has 0 saturated carbocycles. The summed E-state index contributed by atoms with van der Waals surface area (Å²) < 4.78 is 10.5. The number of hydrogen-bond donors (Lipinski definition) is 2. The molecule has 1 aromatic rings. The Morgan fingerprint density at radius 1 is 1.16 bits per heavy atom. The number of rotatable bonds is 8. The van der Waals surface area contributed by atoms with Crippen LogP contribution in [0, 0.1) is 5.92 Å². The molecule has 0 fully saturated rings. The van der Waals surface area contributed by atoms with Crippen LogP contribution in [-0.4, -0.2) is 48.4 Å². The molecule has 0 bridgehead atoms. The Bertz CT molecular complexity index is 364. The van der Waals surface area contributed by atoms with Crippen LogP contribution in [0.15, 0.2) is 0 Å². The van der Waals surface area contributed by atoms with Gasteiger partial charge in [-0.3, -0.25) is 0 Å². The lowest BCUT2D eigenvalue weighted by Gasteiger charge is -2.22. The molecule has 0 aliphatic heterocycles. The lowest BCUT2D eigenvalue weighted by molar-refractivity contribution is 0.126. The van der Waals surface area contributed by atoms with Gasteiger partial charge in [0.15, 0.2) is 0 Å². The van der Waals surface area contributed by atoms with Crippen molar-refractivity contribution in [3.05, 3.63) is 0 Å². The molecule has 0 saturated heterocycles. The largest absolute Gasteiger partial charge is 0.467 e. The van der Waals surface area contributed by atoms with Crippen LogP contribution >= 0.6 is 0 Å². The Hall–Kier alpha value is -1.63. The average molecular weight is 269 g/mol. The van der Waals surface area contributed by atoms with E-state index in [1.54, 1.807) is 7.05 Å². The molecular formula is C12H23N5O2. The number of nitrogens with one attached hydrogen (secondary N) is 2. The monoisotopic (exact) mass is 269 g/mol. The summed E-state index contributed by atoms with van der Waals surface area (Å²) in [5.41, 5.74) is 0. The van der Waals surface area contributed by atoms with Crippen LogP contribution in [0.25, 0.3) is 0 Å². The Morgan fingerprint density at radius 2 is 1.84 bits per heavy atom. The van der Waals surface area contributed by atoms with Gasteiger partial charge < -0.3 is 20.1 Å². The number of nitrogens with zero attached hydrogens (tertiary/aromatic N) is 3. The SMILES string of the molecule is CCOCC(Nc1nc(NC)nc(OC)n1)C(C)C. The highest BCUT2D eigenvalue weighted by Gasteiger charge is 2.16. The van der Waals surface area contributed by atoms with E-state index in [0.29, 0.717) is 31.0 Å². The van der Waals surface area contributed by atoms with E-state index in [4.69, 9.17) is 9.47 Å². The first-order chi connectivity index (χ1) is 9.10. The fourth-order valence-electron chi connectivity index (χ4n) is 1.44. The van der Waals surface area contributed by atoms with Gasteiger partial charge >= 0.3 is 6.01 Å². The van der Waals surface area contributed by atoms with Gasteiger partial charge in [0.1, 0.15) is 0 Å². The van der Waals surface area contributed by atoms with Crippen LogP contribution in [0.2, 0.25) is 0 Å². The van der Waals surface area contributed by atoms with Crippen LogP contribution in [0.5, 0.6) is 6.01 Å². The van der Waals surface area contributed by atoms with Crippen LogP contribution in [0.3, 0.4) is 0 Å². The van der Waals surface area contributed by atoms with E-state index in [9.17, 15) is 0 Å². The van der Waals surface area contributed by atoms with Crippen LogP contribution in [0.4, 0.5) is 11.9 Å². The number of ether oxygens (including phenoxy) is 2. The molecule has 7 nitrogen and oxygen atoms in total. The lowest BCUT2D eigenvalue weighted by Crippen LogP contribution is -2.32. The molecule has 2 N–H and O–H groups in total. The maximum absolute atomic E-state index is 5.46. The lowest BCUT2D eigenvalue weighted by atomic mass is 10.1. The molecule has 108 valence electrons. The van der Waals surface area contributed by atoms with Gasteiger partial charge in [-0.1, -0.05) is 13.8 Å². The summed E-state index contributed by atoms with van der Waals surface area (Å²) in [6.45, 7) is 7.51. The molecule has 0 aliphatic carbocycles.